The molecule has 0 radical (unpaired) electrons. The van der Waals surface area contributed by atoms with E-state index in [0.29, 0.717) is 5.56 Å². The van der Waals surface area contributed by atoms with E-state index in [4.69, 9.17) is 5.26 Å². The van der Waals surface area contributed by atoms with Crippen LogP contribution in [0.1, 0.15) is 16.8 Å². The summed E-state index contributed by atoms with van der Waals surface area (Å²) in [6, 6.07) is 10.2. The number of hydrazone groups is 1. The number of Topliss-reactive ketones (excluding diaryl/α,β-unsaturated/α-hetero) is 1. The number of hydrogen-bond donors (Lipinski definition) is 1. The van der Waals surface area contributed by atoms with Crippen LogP contribution in [0.4, 0.5) is 0 Å². The van der Waals surface area contributed by atoms with E-state index in [1.54, 1.807) is 36.4 Å². The first kappa shape index (κ1) is 11.6. The Kier molecular flexibility index (Phi) is 4.41. The summed E-state index contributed by atoms with van der Waals surface area (Å²) in [5.74, 6) is -0.850. The van der Waals surface area contributed by atoms with Crippen molar-refractivity contribution in [1.82, 2.24) is 5.43 Å². The number of nitriles is 1. The van der Waals surface area contributed by atoms with Crippen LogP contribution in [-0.4, -0.2) is 17.9 Å². The Bertz CT molecular complexity index is 446. The molecular weight excluding hydrogens is 206 g/mol. The molecule has 0 aliphatic rings. The van der Waals surface area contributed by atoms with Crippen molar-refractivity contribution in [2.24, 2.45) is 5.10 Å². The Hall–Kier alpha value is -2.48. The maximum absolute atomic E-state index is 11.4. The average molecular weight is 215 g/mol. The van der Waals surface area contributed by atoms with Gasteiger partial charge in [0.2, 0.25) is 5.78 Å². The smallest absolute Gasteiger partial charge is 0.254 e. The van der Waals surface area contributed by atoms with Gasteiger partial charge in [0.25, 0.3) is 5.91 Å². The fraction of sp³-hybridized carbons (Fsp3) is 0.0909. The largest absolute Gasteiger partial charge is 0.287 e. The van der Waals surface area contributed by atoms with Gasteiger partial charge in [-0.3, -0.25) is 9.59 Å². The Morgan fingerprint density at radius 2 is 2.06 bits per heavy atom. The molecule has 1 rings (SSSR count). The van der Waals surface area contributed by atoms with Crippen molar-refractivity contribution in [3.63, 3.8) is 0 Å². The van der Waals surface area contributed by atoms with Crippen LogP contribution >= 0.6 is 0 Å². The van der Waals surface area contributed by atoms with E-state index in [0.717, 1.165) is 6.21 Å². The molecule has 5 nitrogen and oxygen atoms in total. The topological polar surface area (TPSA) is 82.3 Å². The molecule has 1 aromatic rings. The van der Waals surface area contributed by atoms with Gasteiger partial charge in [-0.1, -0.05) is 30.3 Å². The van der Waals surface area contributed by atoms with Gasteiger partial charge in [-0.25, -0.2) is 5.43 Å². The molecule has 0 saturated carbocycles. The van der Waals surface area contributed by atoms with Gasteiger partial charge in [-0.15, -0.1) is 0 Å². The van der Waals surface area contributed by atoms with E-state index in [1.165, 1.54) is 0 Å². The van der Waals surface area contributed by atoms with Crippen LogP contribution in [0.15, 0.2) is 35.4 Å². The lowest BCUT2D eigenvalue weighted by atomic mass is 10.1. The van der Waals surface area contributed by atoms with Crippen LogP contribution in [0.5, 0.6) is 0 Å². The first-order valence-electron chi connectivity index (χ1n) is 4.52. The maximum Gasteiger partial charge on any atom is 0.254 e. The molecule has 0 bridgehead atoms. The number of nitrogens with one attached hydrogen (secondary N) is 1. The third-order valence-corrected chi connectivity index (χ3v) is 1.67. The van der Waals surface area contributed by atoms with E-state index >= 15 is 0 Å². The zero-order chi connectivity index (χ0) is 11.8. The maximum atomic E-state index is 11.4. The van der Waals surface area contributed by atoms with Crippen LogP contribution in [0.3, 0.4) is 0 Å². The van der Waals surface area contributed by atoms with Crippen LogP contribution < -0.4 is 5.43 Å². The van der Waals surface area contributed by atoms with Gasteiger partial charge in [0.15, 0.2) is 0 Å². The lowest BCUT2D eigenvalue weighted by Crippen LogP contribution is -2.17. The predicted molar refractivity (Wildman–Crippen MR) is 57.6 cm³/mol. The van der Waals surface area contributed by atoms with Crippen LogP contribution in [0, 0.1) is 11.3 Å². The van der Waals surface area contributed by atoms with Crippen molar-refractivity contribution >= 4 is 17.9 Å². The van der Waals surface area contributed by atoms with E-state index in [1.807, 2.05) is 0 Å². The number of carbonyl (C=O) groups is 2. The summed E-state index contributed by atoms with van der Waals surface area (Å²) in [4.78, 5) is 22.2. The lowest BCUT2D eigenvalue weighted by Gasteiger charge is -1.94. The van der Waals surface area contributed by atoms with Gasteiger partial charge in [-0.2, -0.15) is 10.4 Å². The Labute approximate surface area is 92.4 Å². The minimum absolute atomic E-state index is 0.281. The highest BCUT2D eigenvalue weighted by molar-refractivity contribution is 6.35. The molecule has 0 atom stereocenters. The number of hydrogen-bond acceptors (Lipinski definition) is 4. The van der Waals surface area contributed by atoms with Crippen LogP contribution in [0.2, 0.25) is 0 Å². The first-order chi connectivity index (χ1) is 7.74. The normalized spacial score (nSPS) is 9.69. The second kappa shape index (κ2) is 6.09. The highest BCUT2D eigenvalue weighted by Gasteiger charge is 2.01. The highest BCUT2D eigenvalue weighted by atomic mass is 16.2. The Morgan fingerprint density at radius 3 is 2.69 bits per heavy atom. The van der Waals surface area contributed by atoms with Crippen molar-refractivity contribution in [2.45, 2.75) is 6.42 Å². The quantitative estimate of drug-likeness (QED) is 0.460. The van der Waals surface area contributed by atoms with Crippen molar-refractivity contribution in [3.8, 4) is 6.07 Å². The predicted octanol–water partition coefficient (Wildman–Crippen LogP) is 0.885. The summed E-state index contributed by atoms with van der Waals surface area (Å²) in [5.41, 5.74) is 2.56. The van der Waals surface area contributed by atoms with Gasteiger partial charge in [0.05, 0.1) is 12.3 Å². The number of benzene rings is 1. The fourth-order valence-corrected chi connectivity index (χ4v) is 0.951. The number of amides is 1. The second-order valence-electron chi connectivity index (χ2n) is 2.86. The molecule has 0 unspecified atom stereocenters. The monoisotopic (exact) mass is 215 g/mol. The van der Waals surface area contributed by atoms with E-state index in [-0.39, 0.29) is 12.2 Å². The minimum atomic E-state index is -0.542. The fourth-order valence-electron chi connectivity index (χ4n) is 0.951. The molecular formula is C11H9N3O2. The Balaban J connectivity index is 2.50. The molecule has 1 aromatic carbocycles. The van der Waals surface area contributed by atoms with E-state index in [2.05, 4.69) is 10.5 Å². The number of rotatable bonds is 4. The van der Waals surface area contributed by atoms with Gasteiger partial charge >= 0.3 is 0 Å². The van der Waals surface area contributed by atoms with Crippen molar-refractivity contribution in [1.29, 1.82) is 5.26 Å². The molecule has 0 aliphatic heterocycles. The number of carbonyl (C=O) groups excluding carboxylic acids is 2. The standard InChI is InChI=1S/C11H9N3O2/c12-7-6-11(16)14-13-8-10(15)9-4-2-1-3-5-9/h1-5,8H,6H2,(H,14,16)/b13-8+. The van der Waals surface area contributed by atoms with Crippen LogP contribution in [0.25, 0.3) is 0 Å². The van der Waals surface area contributed by atoms with E-state index in [9.17, 15) is 9.59 Å². The summed E-state index contributed by atoms with van der Waals surface area (Å²) >= 11 is 0. The molecule has 5 heteroatoms. The molecule has 0 saturated heterocycles. The minimum Gasteiger partial charge on any atom is -0.287 e. The molecule has 0 spiro atoms. The third kappa shape index (κ3) is 3.72. The summed E-state index contributed by atoms with van der Waals surface area (Å²) in [6.07, 6.45) is 0.724. The van der Waals surface area contributed by atoms with Crippen molar-refractivity contribution in [2.75, 3.05) is 0 Å². The molecule has 0 heterocycles. The molecule has 16 heavy (non-hydrogen) atoms. The zero-order valence-corrected chi connectivity index (χ0v) is 8.38. The molecule has 0 aliphatic carbocycles. The summed E-state index contributed by atoms with van der Waals surface area (Å²) in [6.45, 7) is 0. The first-order valence-corrected chi connectivity index (χ1v) is 4.52. The third-order valence-electron chi connectivity index (χ3n) is 1.67. The highest BCUT2D eigenvalue weighted by Crippen LogP contribution is 1.97. The molecule has 1 amide bonds. The van der Waals surface area contributed by atoms with E-state index < -0.39 is 5.91 Å². The second-order valence-corrected chi connectivity index (χ2v) is 2.86. The van der Waals surface area contributed by atoms with Crippen molar-refractivity contribution < 1.29 is 9.59 Å². The summed E-state index contributed by atoms with van der Waals surface area (Å²) in [7, 11) is 0. The SMILES string of the molecule is N#CCC(=O)N/N=C/C(=O)c1ccccc1. The van der Waals surface area contributed by atoms with Gasteiger partial charge in [-0.05, 0) is 0 Å². The van der Waals surface area contributed by atoms with Crippen LogP contribution in [-0.2, 0) is 4.79 Å². The zero-order valence-electron chi connectivity index (χ0n) is 8.38. The summed E-state index contributed by atoms with van der Waals surface area (Å²) in [5, 5.41) is 11.6. The molecule has 0 fully saturated rings. The van der Waals surface area contributed by atoms with Crippen molar-refractivity contribution in [3.05, 3.63) is 35.9 Å². The molecule has 0 aromatic heterocycles. The average Bonchev–Trinajstić information content (AvgIpc) is 2.30. The van der Waals surface area contributed by atoms with Gasteiger partial charge in [0.1, 0.15) is 6.42 Å². The van der Waals surface area contributed by atoms with Gasteiger partial charge < -0.3 is 0 Å². The molecule has 1 N–H and O–H groups in total. The molecule has 80 valence electrons. The lowest BCUT2D eigenvalue weighted by molar-refractivity contribution is -0.120. The number of nitrogens with zero attached hydrogens (tertiary/aromatic N) is 2. The van der Waals surface area contributed by atoms with Gasteiger partial charge in [0, 0.05) is 5.56 Å². The summed E-state index contributed by atoms with van der Waals surface area (Å²) < 4.78 is 0. The number of ketones is 1. The Morgan fingerprint density at radius 1 is 1.38 bits per heavy atom.